The number of hydrogen-bond acceptors (Lipinski definition) is 4. The van der Waals surface area contributed by atoms with Gasteiger partial charge in [-0.1, -0.05) is 23.2 Å². The summed E-state index contributed by atoms with van der Waals surface area (Å²) < 4.78 is 0. The SMILES string of the molecule is Nc1ccc(N)c2c1C(=O)c1cc(Cl)c(Cl)cc1C2=O. The summed E-state index contributed by atoms with van der Waals surface area (Å²) in [6.07, 6.45) is 0. The lowest BCUT2D eigenvalue weighted by molar-refractivity contribution is 0.0980. The molecule has 0 radical (unpaired) electrons. The minimum absolute atomic E-state index is 0.126. The van der Waals surface area contributed by atoms with Gasteiger partial charge in [0.1, 0.15) is 0 Å². The van der Waals surface area contributed by atoms with E-state index in [1.165, 1.54) is 24.3 Å². The molecule has 0 spiro atoms. The van der Waals surface area contributed by atoms with Crippen molar-refractivity contribution in [1.82, 2.24) is 0 Å². The molecule has 0 heterocycles. The van der Waals surface area contributed by atoms with Crippen molar-refractivity contribution >= 4 is 46.1 Å². The molecule has 4 nitrogen and oxygen atoms in total. The topological polar surface area (TPSA) is 86.2 Å². The molecule has 3 rings (SSSR count). The van der Waals surface area contributed by atoms with Crippen LogP contribution >= 0.6 is 23.2 Å². The van der Waals surface area contributed by atoms with Gasteiger partial charge in [0.15, 0.2) is 11.6 Å². The Morgan fingerprint density at radius 1 is 0.750 bits per heavy atom. The van der Waals surface area contributed by atoms with Gasteiger partial charge in [-0.15, -0.1) is 0 Å². The highest BCUT2D eigenvalue weighted by Crippen LogP contribution is 2.37. The fourth-order valence-corrected chi connectivity index (χ4v) is 2.64. The van der Waals surface area contributed by atoms with Gasteiger partial charge in [-0.3, -0.25) is 9.59 Å². The van der Waals surface area contributed by atoms with Crippen molar-refractivity contribution in [3.05, 3.63) is 56.6 Å². The Balaban J connectivity index is 2.40. The van der Waals surface area contributed by atoms with E-state index in [4.69, 9.17) is 34.7 Å². The standard InChI is InChI=1S/C14H8Cl2N2O2/c15-7-3-5-6(4-8(7)16)14(20)12-10(18)2-1-9(17)11(12)13(5)19/h1-4H,17-18H2. The molecule has 0 atom stereocenters. The lowest BCUT2D eigenvalue weighted by atomic mass is 9.82. The van der Waals surface area contributed by atoms with Gasteiger partial charge in [-0.25, -0.2) is 0 Å². The zero-order valence-corrected chi connectivity index (χ0v) is 11.5. The molecule has 0 saturated carbocycles. The molecule has 2 aromatic carbocycles. The van der Waals surface area contributed by atoms with Crippen LogP contribution in [0.25, 0.3) is 0 Å². The highest BCUT2D eigenvalue weighted by Gasteiger charge is 2.33. The highest BCUT2D eigenvalue weighted by molar-refractivity contribution is 6.43. The number of rotatable bonds is 0. The minimum Gasteiger partial charge on any atom is -0.398 e. The Bertz CT molecular complexity index is 734. The predicted octanol–water partition coefficient (Wildman–Crippen LogP) is 2.93. The molecular weight excluding hydrogens is 299 g/mol. The normalized spacial score (nSPS) is 13.1. The number of hydrogen-bond donors (Lipinski definition) is 2. The minimum atomic E-state index is -0.377. The van der Waals surface area contributed by atoms with Crippen LogP contribution in [0.3, 0.4) is 0 Å². The fraction of sp³-hybridized carbons (Fsp3) is 0. The third kappa shape index (κ3) is 1.62. The van der Waals surface area contributed by atoms with Crippen molar-refractivity contribution in [1.29, 1.82) is 0 Å². The van der Waals surface area contributed by atoms with E-state index in [-0.39, 0.29) is 55.2 Å². The number of anilines is 2. The third-order valence-electron chi connectivity index (χ3n) is 3.27. The fourth-order valence-electron chi connectivity index (χ4n) is 2.32. The van der Waals surface area contributed by atoms with Crippen molar-refractivity contribution in [2.45, 2.75) is 0 Å². The van der Waals surface area contributed by atoms with Crippen LogP contribution in [0.15, 0.2) is 24.3 Å². The first-order valence-electron chi connectivity index (χ1n) is 5.68. The first kappa shape index (κ1) is 13.0. The molecule has 0 aromatic heterocycles. The molecular formula is C14H8Cl2N2O2. The molecule has 100 valence electrons. The molecule has 1 aliphatic carbocycles. The highest BCUT2D eigenvalue weighted by atomic mass is 35.5. The first-order valence-corrected chi connectivity index (χ1v) is 6.43. The molecule has 6 heteroatoms. The van der Waals surface area contributed by atoms with E-state index < -0.39 is 0 Å². The summed E-state index contributed by atoms with van der Waals surface area (Å²) in [4.78, 5) is 25.0. The second-order valence-corrected chi connectivity index (χ2v) is 5.28. The van der Waals surface area contributed by atoms with Crippen LogP contribution < -0.4 is 11.5 Å². The van der Waals surface area contributed by atoms with Crippen LogP contribution in [-0.2, 0) is 0 Å². The summed E-state index contributed by atoms with van der Waals surface area (Å²) in [6, 6.07) is 5.76. The molecule has 20 heavy (non-hydrogen) atoms. The quantitative estimate of drug-likeness (QED) is 0.625. The number of carbonyl (C=O) groups is 2. The van der Waals surface area contributed by atoms with Gasteiger partial charge in [0, 0.05) is 22.5 Å². The summed E-state index contributed by atoms with van der Waals surface area (Å²) in [5.74, 6) is -0.754. The monoisotopic (exact) mass is 306 g/mol. The van der Waals surface area contributed by atoms with Gasteiger partial charge in [0.05, 0.1) is 21.2 Å². The van der Waals surface area contributed by atoms with Crippen LogP contribution in [0.4, 0.5) is 11.4 Å². The number of nitrogens with two attached hydrogens (primary N) is 2. The molecule has 0 unspecified atom stereocenters. The molecule has 0 fully saturated rings. The number of ketones is 2. The summed E-state index contributed by atoms with van der Waals surface area (Å²) in [5.41, 5.74) is 12.7. The van der Waals surface area contributed by atoms with Gasteiger partial charge in [0.2, 0.25) is 0 Å². The number of carbonyl (C=O) groups excluding carboxylic acids is 2. The third-order valence-corrected chi connectivity index (χ3v) is 4.00. The number of halogens is 2. The zero-order valence-electron chi connectivity index (χ0n) is 10.0. The molecule has 2 aromatic rings. The van der Waals surface area contributed by atoms with E-state index in [9.17, 15) is 9.59 Å². The Morgan fingerprint density at radius 2 is 1.10 bits per heavy atom. The predicted molar refractivity (Wildman–Crippen MR) is 78.6 cm³/mol. The average molecular weight is 307 g/mol. The van der Waals surface area contributed by atoms with Crippen LogP contribution in [0, 0.1) is 0 Å². The van der Waals surface area contributed by atoms with E-state index in [1.54, 1.807) is 0 Å². The Hall–Kier alpha value is -2.04. The van der Waals surface area contributed by atoms with Crippen molar-refractivity contribution in [3.8, 4) is 0 Å². The Kier molecular flexibility index (Phi) is 2.74. The van der Waals surface area contributed by atoms with E-state index in [0.717, 1.165) is 0 Å². The van der Waals surface area contributed by atoms with Crippen molar-refractivity contribution in [2.24, 2.45) is 0 Å². The summed E-state index contributed by atoms with van der Waals surface area (Å²) >= 11 is 11.8. The maximum atomic E-state index is 12.5. The molecule has 4 N–H and O–H groups in total. The van der Waals surface area contributed by atoms with Gasteiger partial charge in [0.25, 0.3) is 0 Å². The van der Waals surface area contributed by atoms with Crippen LogP contribution in [0.1, 0.15) is 31.8 Å². The Morgan fingerprint density at radius 3 is 1.45 bits per heavy atom. The molecule has 0 saturated heterocycles. The molecule has 0 aliphatic heterocycles. The van der Waals surface area contributed by atoms with Gasteiger partial charge < -0.3 is 11.5 Å². The average Bonchev–Trinajstić information content (AvgIpc) is 2.41. The largest absolute Gasteiger partial charge is 0.398 e. The number of fused-ring (bicyclic) bond motifs is 2. The van der Waals surface area contributed by atoms with Crippen molar-refractivity contribution < 1.29 is 9.59 Å². The van der Waals surface area contributed by atoms with Crippen molar-refractivity contribution in [2.75, 3.05) is 11.5 Å². The molecule has 1 aliphatic rings. The number of benzene rings is 2. The van der Waals surface area contributed by atoms with E-state index >= 15 is 0 Å². The zero-order chi connectivity index (χ0) is 14.6. The lowest BCUT2D eigenvalue weighted by Crippen LogP contribution is -2.23. The van der Waals surface area contributed by atoms with E-state index in [0.29, 0.717) is 0 Å². The Labute approximate surface area is 124 Å². The molecule has 0 bridgehead atoms. The van der Waals surface area contributed by atoms with Gasteiger partial charge >= 0.3 is 0 Å². The van der Waals surface area contributed by atoms with Gasteiger partial charge in [-0.05, 0) is 24.3 Å². The van der Waals surface area contributed by atoms with Gasteiger partial charge in [-0.2, -0.15) is 0 Å². The first-order chi connectivity index (χ1) is 9.41. The maximum Gasteiger partial charge on any atom is 0.196 e. The maximum absolute atomic E-state index is 12.5. The second kappa shape index (κ2) is 4.23. The van der Waals surface area contributed by atoms with Crippen molar-refractivity contribution in [3.63, 3.8) is 0 Å². The summed E-state index contributed by atoms with van der Waals surface area (Å²) in [6.45, 7) is 0. The van der Waals surface area contributed by atoms with Crippen LogP contribution in [0.5, 0.6) is 0 Å². The van der Waals surface area contributed by atoms with Crippen LogP contribution in [-0.4, -0.2) is 11.6 Å². The van der Waals surface area contributed by atoms with E-state index in [2.05, 4.69) is 0 Å². The number of nitrogen functional groups attached to an aromatic ring is 2. The van der Waals surface area contributed by atoms with E-state index in [1.807, 2.05) is 0 Å². The second-order valence-electron chi connectivity index (χ2n) is 4.46. The summed E-state index contributed by atoms with van der Waals surface area (Å²) in [7, 11) is 0. The molecule has 0 amide bonds. The smallest absolute Gasteiger partial charge is 0.196 e. The lowest BCUT2D eigenvalue weighted by Gasteiger charge is -2.20. The summed E-state index contributed by atoms with van der Waals surface area (Å²) in [5, 5.41) is 0.412. The van der Waals surface area contributed by atoms with Crippen LogP contribution in [0.2, 0.25) is 10.0 Å².